The van der Waals surface area contributed by atoms with Gasteiger partial charge in [0.2, 0.25) is 9.84 Å². The summed E-state index contributed by atoms with van der Waals surface area (Å²) in [6, 6.07) is 7.81. The molecule has 25 heavy (non-hydrogen) atoms. The van der Waals surface area contributed by atoms with Crippen LogP contribution in [-0.4, -0.2) is 42.2 Å². The van der Waals surface area contributed by atoms with E-state index >= 15 is 0 Å². The zero-order chi connectivity index (χ0) is 18.8. The second-order valence-electron chi connectivity index (χ2n) is 6.83. The first-order valence-corrected chi connectivity index (χ1v) is 9.80. The topological polar surface area (TPSA) is 72.3 Å². The van der Waals surface area contributed by atoms with Crippen LogP contribution in [0.3, 0.4) is 0 Å². The lowest BCUT2D eigenvalue weighted by Crippen LogP contribution is -2.34. The van der Waals surface area contributed by atoms with Crippen molar-refractivity contribution in [2.45, 2.75) is 50.0 Å². The third-order valence-electron chi connectivity index (χ3n) is 4.10. The quantitative estimate of drug-likeness (QED) is 0.835. The predicted molar refractivity (Wildman–Crippen MR) is 96.5 cm³/mol. The Hall–Kier alpha value is -2.15. The van der Waals surface area contributed by atoms with E-state index < -0.39 is 9.84 Å². The lowest BCUT2D eigenvalue weighted by Gasteiger charge is -2.19. The number of hydrogen-bond acceptors (Lipinski definition) is 4. The van der Waals surface area contributed by atoms with E-state index in [1.807, 2.05) is 26.0 Å². The first kappa shape index (κ1) is 19.2. The maximum absolute atomic E-state index is 12.7. The minimum Gasteiger partial charge on any atom is -0.323 e. The molecule has 0 saturated carbocycles. The van der Waals surface area contributed by atoms with Crippen LogP contribution < -0.4 is 0 Å². The number of carbonyl (C=O) groups excluding carboxylic acids is 1. The number of sulfone groups is 1. The van der Waals surface area contributed by atoms with E-state index in [-0.39, 0.29) is 21.4 Å². The molecule has 2 rings (SSSR count). The average molecular weight is 363 g/mol. The lowest BCUT2D eigenvalue weighted by molar-refractivity contribution is 0.201. The smallest absolute Gasteiger partial charge is 0.323 e. The Bertz CT molecular complexity index is 842. The van der Waals surface area contributed by atoms with Crippen LogP contribution in [0.1, 0.15) is 40.2 Å². The van der Waals surface area contributed by atoms with Gasteiger partial charge in [0.15, 0.2) is 5.03 Å². The summed E-state index contributed by atoms with van der Waals surface area (Å²) in [5.74, 6) is 0. The van der Waals surface area contributed by atoms with Gasteiger partial charge >= 0.3 is 6.03 Å². The number of aromatic nitrogens is 2. The monoisotopic (exact) mass is 363 g/mol. The first-order valence-electron chi connectivity index (χ1n) is 8.31. The molecule has 7 heteroatoms. The fourth-order valence-electron chi connectivity index (χ4n) is 2.45. The van der Waals surface area contributed by atoms with E-state index in [2.05, 4.69) is 25.9 Å². The van der Waals surface area contributed by atoms with Crippen molar-refractivity contribution < 1.29 is 13.2 Å². The molecule has 0 spiro atoms. The van der Waals surface area contributed by atoms with Crippen molar-refractivity contribution in [3.8, 4) is 0 Å². The molecular weight excluding hydrogens is 338 g/mol. The van der Waals surface area contributed by atoms with Crippen LogP contribution in [0.2, 0.25) is 0 Å². The van der Waals surface area contributed by atoms with Gasteiger partial charge in [-0.2, -0.15) is 9.78 Å². The summed E-state index contributed by atoms with van der Waals surface area (Å²) < 4.78 is 26.6. The molecule has 0 bridgehead atoms. The van der Waals surface area contributed by atoms with Crippen LogP contribution in [-0.2, 0) is 15.3 Å². The standard InChI is InChI=1S/C18H25N3O3S/c1-6-20(7-2)17(22)21-13-12-16(19-21)25(23,24)15-10-8-14(9-11-15)18(3,4)5/h8-13H,6-7H2,1-5H3. The van der Waals surface area contributed by atoms with Crippen LogP contribution in [0.4, 0.5) is 4.79 Å². The molecule has 0 aliphatic rings. The maximum atomic E-state index is 12.7. The Kier molecular flexibility index (Phi) is 5.37. The zero-order valence-electron chi connectivity index (χ0n) is 15.4. The van der Waals surface area contributed by atoms with E-state index in [0.29, 0.717) is 13.1 Å². The van der Waals surface area contributed by atoms with Gasteiger partial charge in [-0.1, -0.05) is 32.9 Å². The van der Waals surface area contributed by atoms with Crippen molar-refractivity contribution in [3.05, 3.63) is 42.1 Å². The third-order valence-corrected chi connectivity index (χ3v) is 5.76. The van der Waals surface area contributed by atoms with Gasteiger partial charge < -0.3 is 4.90 Å². The summed E-state index contributed by atoms with van der Waals surface area (Å²) in [5, 5.41) is 3.86. The fourth-order valence-corrected chi connectivity index (χ4v) is 3.62. The van der Waals surface area contributed by atoms with E-state index in [0.717, 1.165) is 10.2 Å². The fraction of sp³-hybridized carbons (Fsp3) is 0.444. The molecule has 0 aliphatic heterocycles. The largest absolute Gasteiger partial charge is 0.344 e. The highest BCUT2D eigenvalue weighted by molar-refractivity contribution is 7.91. The summed E-state index contributed by atoms with van der Waals surface area (Å²) in [6.45, 7) is 11.0. The summed E-state index contributed by atoms with van der Waals surface area (Å²) in [4.78, 5) is 14.0. The Balaban J connectivity index is 2.33. The molecule has 1 aromatic carbocycles. The van der Waals surface area contributed by atoms with Crippen LogP contribution in [0.15, 0.2) is 46.5 Å². The van der Waals surface area contributed by atoms with Gasteiger partial charge in [0, 0.05) is 19.3 Å². The minimum atomic E-state index is -3.76. The predicted octanol–water partition coefficient (Wildman–Crippen LogP) is 3.32. The summed E-state index contributed by atoms with van der Waals surface area (Å²) in [6.07, 6.45) is 1.39. The number of nitrogens with zero attached hydrogens (tertiary/aromatic N) is 3. The number of rotatable bonds is 4. The van der Waals surface area contributed by atoms with Crippen LogP contribution >= 0.6 is 0 Å². The third kappa shape index (κ3) is 3.92. The van der Waals surface area contributed by atoms with Gasteiger partial charge in [-0.3, -0.25) is 0 Å². The van der Waals surface area contributed by atoms with Crippen molar-refractivity contribution in [3.63, 3.8) is 0 Å². The van der Waals surface area contributed by atoms with Crippen molar-refractivity contribution in [2.75, 3.05) is 13.1 Å². The molecule has 136 valence electrons. The summed E-state index contributed by atoms with van der Waals surface area (Å²) in [7, 11) is -3.76. The molecule has 0 unspecified atom stereocenters. The van der Waals surface area contributed by atoms with E-state index in [9.17, 15) is 13.2 Å². The SMILES string of the molecule is CCN(CC)C(=O)n1ccc(S(=O)(=O)c2ccc(C(C)(C)C)cc2)n1. The molecule has 0 fully saturated rings. The molecule has 0 saturated heterocycles. The molecule has 0 atom stereocenters. The maximum Gasteiger partial charge on any atom is 0.344 e. The van der Waals surface area contributed by atoms with Crippen LogP contribution in [0.5, 0.6) is 0 Å². The lowest BCUT2D eigenvalue weighted by atomic mass is 9.87. The van der Waals surface area contributed by atoms with Gasteiger partial charge in [0.25, 0.3) is 0 Å². The molecule has 0 radical (unpaired) electrons. The van der Waals surface area contributed by atoms with E-state index in [4.69, 9.17) is 0 Å². The molecule has 6 nitrogen and oxygen atoms in total. The van der Waals surface area contributed by atoms with E-state index in [1.54, 1.807) is 17.0 Å². The second kappa shape index (κ2) is 7.00. The molecule has 1 heterocycles. The second-order valence-corrected chi connectivity index (χ2v) is 8.73. The average Bonchev–Trinajstić information content (AvgIpc) is 3.06. The summed E-state index contributed by atoms with van der Waals surface area (Å²) >= 11 is 0. The summed E-state index contributed by atoms with van der Waals surface area (Å²) in [5.41, 5.74) is 0.994. The molecule has 2 aromatic rings. The van der Waals surface area contributed by atoms with Crippen molar-refractivity contribution in [2.24, 2.45) is 0 Å². The zero-order valence-corrected chi connectivity index (χ0v) is 16.2. The molecule has 1 amide bonds. The Morgan fingerprint density at radius 1 is 1.08 bits per heavy atom. The van der Waals surface area contributed by atoms with Crippen LogP contribution in [0, 0.1) is 0 Å². The van der Waals surface area contributed by atoms with Gasteiger partial charge in [0.1, 0.15) is 0 Å². The highest BCUT2D eigenvalue weighted by Gasteiger charge is 2.24. The van der Waals surface area contributed by atoms with Crippen LogP contribution in [0.25, 0.3) is 0 Å². The van der Waals surface area contributed by atoms with Crippen molar-refractivity contribution >= 4 is 15.9 Å². The highest BCUT2D eigenvalue weighted by atomic mass is 32.2. The minimum absolute atomic E-state index is 0.0555. The van der Waals surface area contributed by atoms with Gasteiger partial charge in [-0.25, -0.2) is 13.2 Å². The normalized spacial score (nSPS) is 12.2. The van der Waals surface area contributed by atoms with Gasteiger partial charge in [0.05, 0.1) is 4.90 Å². The number of hydrogen-bond donors (Lipinski definition) is 0. The van der Waals surface area contributed by atoms with E-state index in [1.165, 1.54) is 12.3 Å². The first-order chi connectivity index (χ1) is 11.6. The molecule has 1 aromatic heterocycles. The van der Waals surface area contributed by atoms with Gasteiger partial charge in [-0.15, -0.1) is 0 Å². The van der Waals surface area contributed by atoms with Gasteiger partial charge in [-0.05, 0) is 43.0 Å². The molecular formula is C18H25N3O3S. The van der Waals surface area contributed by atoms with Crippen molar-refractivity contribution in [1.29, 1.82) is 0 Å². The number of amides is 1. The number of carbonyl (C=O) groups is 1. The highest BCUT2D eigenvalue weighted by Crippen LogP contribution is 2.25. The molecule has 0 N–H and O–H groups in total. The number of benzene rings is 1. The van der Waals surface area contributed by atoms with Crippen molar-refractivity contribution in [1.82, 2.24) is 14.7 Å². The Labute approximate surface area is 149 Å². The Morgan fingerprint density at radius 2 is 1.64 bits per heavy atom. The molecule has 0 aliphatic carbocycles. The Morgan fingerprint density at radius 3 is 2.12 bits per heavy atom.